The largest absolute Gasteiger partial charge is 0.495 e. The highest BCUT2D eigenvalue weighted by molar-refractivity contribution is 6.09. The summed E-state index contributed by atoms with van der Waals surface area (Å²) in [4.78, 5) is 37.7. The van der Waals surface area contributed by atoms with Gasteiger partial charge >= 0.3 is 0 Å². The van der Waals surface area contributed by atoms with Crippen molar-refractivity contribution in [1.82, 2.24) is 5.32 Å². The average Bonchev–Trinajstić information content (AvgIpc) is 3.63. The van der Waals surface area contributed by atoms with E-state index in [1.165, 1.54) is 7.11 Å². The highest BCUT2D eigenvalue weighted by Crippen LogP contribution is 2.32. The van der Waals surface area contributed by atoms with E-state index in [0.717, 1.165) is 29.2 Å². The summed E-state index contributed by atoms with van der Waals surface area (Å²) in [6.45, 7) is 1.69. The van der Waals surface area contributed by atoms with Crippen LogP contribution < -0.4 is 20.7 Å². The molecule has 164 valence electrons. The fourth-order valence-electron chi connectivity index (χ4n) is 3.48. The van der Waals surface area contributed by atoms with Crippen LogP contribution in [-0.4, -0.2) is 31.4 Å². The first-order valence-corrected chi connectivity index (χ1v) is 10.5. The molecule has 1 fully saturated rings. The van der Waals surface area contributed by atoms with Gasteiger partial charge in [-0.25, -0.2) is 0 Å². The molecule has 0 aliphatic heterocycles. The average molecular weight is 431 g/mol. The number of carbonyl (C=O) groups is 3. The van der Waals surface area contributed by atoms with Gasteiger partial charge in [-0.05, 0) is 60.4 Å². The second-order valence-corrected chi connectivity index (χ2v) is 7.94. The molecule has 3 amide bonds. The lowest BCUT2D eigenvalue weighted by Crippen LogP contribution is -2.33. The summed E-state index contributed by atoms with van der Waals surface area (Å²) in [5, 5.41) is 10.1. The Labute approximate surface area is 186 Å². The lowest BCUT2D eigenvalue weighted by molar-refractivity contribution is -0.117. The van der Waals surface area contributed by atoms with Crippen LogP contribution in [0.3, 0.4) is 0 Å². The van der Waals surface area contributed by atoms with E-state index in [2.05, 4.69) is 16.0 Å². The number of fused-ring (bicyclic) bond motifs is 1. The standard InChI is InChI=1S/C25H25N3O4/c1-15-7-10-22(32-2)21(11-15)27-23(29)14-26-25(31)19-12-17-5-3-4-6-18(17)13-20(19)28-24(30)16-8-9-16/h3-7,10-13,16H,8-9,14H2,1-2H3,(H,26,31)(H,27,29)(H,28,30). The van der Waals surface area contributed by atoms with Gasteiger partial charge in [0.1, 0.15) is 5.75 Å². The summed E-state index contributed by atoms with van der Waals surface area (Å²) in [5.41, 5.74) is 2.27. The van der Waals surface area contributed by atoms with Crippen LogP contribution in [0.4, 0.5) is 11.4 Å². The second kappa shape index (κ2) is 9.09. The molecule has 3 N–H and O–H groups in total. The molecular formula is C25H25N3O4. The van der Waals surface area contributed by atoms with Gasteiger partial charge < -0.3 is 20.7 Å². The molecule has 0 aromatic heterocycles. The third-order valence-electron chi connectivity index (χ3n) is 5.38. The fraction of sp³-hybridized carbons (Fsp3) is 0.240. The van der Waals surface area contributed by atoms with Crippen molar-refractivity contribution in [3.63, 3.8) is 0 Å². The number of aryl methyl sites for hydroxylation is 1. The van der Waals surface area contributed by atoms with E-state index in [4.69, 9.17) is 4.74 Å². The number of nitrogens with one attached hydrogen (secondary N) is 3. The SMILES string of the molecule is COc1ccc(C)cc1NC(=O)CNC(=O)c1cc2ccccc2cc1NC(=O)C1CC1. The molecule has 0 bridgehead atoms. The van der Waals surface area contributed by atoms with E-state index in [-0.39, 0.29) is 24.3 Å². The molecule has 0 unspecified atom stereocenters. The Bertz CT molecular complexity index is 1200. The van der Waals surface area contributed by atoms with Gasteiger partial charge in [0.15, 0.2) is 0 Å². The van der Waals surface area contributed by atoms with Crippen molar-refractivity contribution in [3.05, 3.63) is 65.7 Å². The highest BCUT2D eigenvalue weighted by Gasteiger charge is 2.30. The van der Waals surface area contributed by atoms with E-state index < -0.39 is 5.91 Å². The van der Waals surface area contributed by atoms with Crippen LogP contribution in [0.25, 0.3) is 10.8 Å². The van der Waals surface area contributed by atoms with E-state index >= 15 is 0 Å². The van der Waals surface area contributed by atoms with E-state index in [9.17, 15) is 14.4 Å². The molecule has 0 radical (unpaired) electrons. The van der Waals surface area contributed by atoms with Crippen molar-refractivity contribution in [2.24, 2.45) is 5.92 Å². The number of anilines is 2. The monoisotopic (exact) mass is 431 g/mol. The first-order chi connectivity index (χ1) is 15.4. The minimum absolute atomic E-state index is 0.00692. The summed E-state index contributed by atoms with van der Waals surface area (Å²) in [7, 11) is 1.53. The topological polar surface area (TPSA) is 96.5 Å². The van der Waals surface area contributed by atoms with Crippen LogP contribution >= 0.6 is 0 Å². The van der Waals surface area contributed by atoms with E-state index in [0.29, 0.717) is 22.7 Å². The Balaban J connectivity index is 1.49. The molecule has 0 spiro atoms. The van der Waals surface area contributed by atoms with E-state index in [1.807, 2.05) is 37.3 Å². The van der Waals surface area contributed by atoms with Crippen molar-refractivity contribution in [1.29, 1.82) is 0 Å². The lowest BCUT2D eigenvalue weighted by atomic mass is 10.0. The van der Waals surface area contributed by atoms with E-state index in [1.54, 1.807) is 24.3 Å². The van der Waals surface area contributed by atoms with Gasteiger partial charge in [-0.15, -0.1) is 0 Å². The Hall–Kier alpha value is -3.87. The van der Waals surface area contributed by atoms with Gasteiger partial charge in [-0.1, -0.05) is 30.3 Å². The van der Waals surface area contributed by atoms with Crippen LogP contribution in [0, 0.1) is 12.8 Å². The number of benzene rings is 3. The zero-order chi connectivity index (χ0) is 22.7. The normalized spacial score (nSPS) is 12.8. The van der Waals surface area contributed by atoms with Gasteiger partial charge in [-0.3, -0.25) is 14.4 Å². The predicted molar refractivity (Wildman–Crippen MR) is 124 cm³/mol. The molecule has 3 aromatic carbocycles. The van der Waals surface area contributed by atoms with Crippen molar-refractivity contribution in [3.8, 4) is 5.75 Å². The molecule has 0 saturated heterocycles. The number of hydrogen-bond donors (Lipinski definition) is 3. The van der Waals surface area contributed by atoms with Crippen molar-refractivity contribution in [2.75, 3.05) is 24.3 Å². The van der Waals surface area contributed by atoms with Gasteiger partial charge in [0.05, 0.1) is 30.6 Å². The molecule has 1 aliphatic rings. The number of rotatable bonds is 7. The summed E-state index contributed by atoms with van der Waals surface area (Å²) >= 11 is 0. The van der Waals surface area contributed by atoms with Gasteiger partial charge in [0, 0.05) is 5.92 Å². The van der Waals surface area contributed by atoms with Crippen LogP contribution in [-0.2, 0) is 9.59 Å². The summed E-state index contributed by atoms with van der Waals surface area (Å²) < 4.78 is 5.27. The molecule has 0 atom stereocenters. The number of hydrogen-bond acceptors (Lipinski definition) is 4. The molecule has 7 heteroatoms. The van der Waals surface area contributed by atoms with Crippen LogP contribution in [0.15, 0.2) is 54.6 Å². The molecule has 1 aliphatic carbocycles. The minimum Gasteiger partial charge on any atom is -0.495 e. The maximum atomic E-state index is 12.9. The molecule has 1 saturated carbocycles. The predicted octanol–water partition coefficient (Wildman–Crippen LogP) is 3.87. The van der Waals surface area contributed by atoms with Crippen molar-refractivity contribution in [2.45, 2.75) is 19.8 Å². The number of carbonyl (C=O) groups excluding carboxylic acids is 3. The van der Waals surface area contributed by atoms with Crippen molar-refractivity contribution < 1.29 is 19.1 Å². The Morgan fingerprint density at radius 3 is 2.34 bits per heavy atom. The Morgan fingerprint density at radius 1 is 0.938 bits per heavy atom. The van der Waals surface area contributed by atoms with Crippen LogP contribution in [0.2, 0.25) is 0 Å². The molecule has 32 heavy (non-hydrogen) atoms. The second-order valence-electron chi connectivity index (χ2n) is 7.94. The maximum absolute atomic E-state index is 12.9. The Kier molecular flexibility index (Phi) is 6.07. The zero-order valence-electron chi connectivity index (χ0n) is 18.0. The zero-order valence-corrected chi connectivity index (χ0v) is 18.0. The molecule has 7 nitrogen and oxygen atoms in total. The van der Waals surface area contributed by atoms with Gasteiger partial charge in [0.2, 0.25) is 11.8 Å². The summed E-state index contributed by atoms with van der Waals surface area (Å²) in [5.74, 6) is -0.360. The van der Waals surface area contributed by atoms with Crippen LogP contribution in [0.5, 0.6) is 5.75 Å². The third-order valence-corrected chi connectivity index (χ3v) is 5.38. The molecule has 0 heterocycles. The first-order valence-electron chi connectivity index (χ1n) is 10.5. The van der Waals surface area contributed by atoms with Crippen molar-refractivity contribution >= 4 is 39.9 Å². The fourth-order valence-corrected chi connectivity index (χ4v) is 3.48. The van der Waals surface area contributed by atoms with Gasteiger partial charge in [-0.2, -0.15) is 0 Å². The number of amides is 3. The molecule has 4 rings (SSSR count). The minimum atomic E-state index is -0.437. The van der Waals surface area contributed by atoms with Gasteiger partial charge in [0.25, 0.3) is 5.91 Å². The van der Waals surface area contributed by atoms with Crippen LogP contribution in [0.1, 0.15) is 28.8 Å². The quantitative estimate of drug-likeness (QED) is 0.529. The number of methoxy groups -OCH3 is 1. The lowest BCUT2D eigenvalue weighted by Gasteiger charge is -2.14. The third kappa shape index (κ3) is 4.88. The summed E-state index contributed by atoms with van der Waals surface area (Å²) in [6.07, 6.45) is 1.73. The highest BCUT2D eigenvalue weighted by atomic mass is 16.5. The maximum Gasteiger partial charge on any atom is 0.253 e. The summed E-state index contributed by atoms with van der Waals surface area (Å²) in [6, 6.07) is 16.6. The molecule has 3 aromatic rings. The Morgan fingerprint density at radius 2 is 1.66 bits per heavy atom. The number of ether oxygens (including phenoxy) is 1. The first kappa shape index (κ1) is 21.4. The smallest absolute Gasteiger partial charge is 0.253 e. The molecular weight excluding hydrogens is 406 g/mol.